The van der Waals surface area contributed by atoms with E-state index in [1.807, 2.05) is 6.92 Å². The molecule has 0 aromatic rings. The number of nitrogens with two attached hydrogens (primary N) is 1. The maximum atomic E-state index is 11.5. The number of carbonyl (C=O) groups excluding carboxylic acids is 2. The van der Waals surface area contributed by atoms with E-state index in [1.165, 1.54) is 0 Å². The molecule has 0 aliphatic rings. The van der Waals surface area contributed by atoms with Crippen LogP contribution in [0.15, 0.2) is 0 Å². The van der Waals surface area contributed by atoms with Gasteiger partial charge in [0.2, 0.25) is 11.8 Å². The SMILES string of the molecule is CCNC(C)(C)C(=O)NCC(O)C(N)=O. The molecule has 0 aromatic carbocycles. The van der Waals surface area contributed by atoms with Crippen molar-refractivity contribution in [3.8, 4) is 0 Å². The number of likely N-dealkylation sites (N-methyl/N-ethyl adjacent to an activating group) is 1. The Bertz CT molecular complexity index is 241. The molecule has 0 rings (SSSR count). The van der Waals surface area contributed by atoms with Gasteiger partial charge in [0.05, 0.1) is 12.1 Å². The van der Waals surface area contributed by atoms with E-state index < -0.39 is 17.6 Å². The molecule has 5 N–H and O–H groups in total. The average molecular weight is 217 g/mol. The van der Waals surface area contributed by atoms with Gasteiger partial charge >= 0.3 is 0 Å². The smallest absolute Gasteiger partial charge is 0.248 e. The molecule has 0 fully saturated rings. The van der Waals surface area contributed by atoms with Gasteiger partial charge in [0.1, 0.15) is 6.10 Å². The van der Waals surface area contributed by atoms with Crippen LogP contribution in [0.3, 0.4) is 0 Å². The van der Waals surface area contributed by atoms with Crippen LogP contribution in [0.4, 0.5) is 0 Å². The number of carbonyl (C=O) groups is 2. The molecule has 88 valence electrons. The molecule has 0 bridgehead atoms. The van der Waals surface area contributed by atoms with Gasteiger partial charge < -0.3 is 21.5 Å². The van der Waals surface area contributed by atoms with Crippen LogP contribution in [0, 0.1) is 0 Å². The van der Waals surface area contributed by atoms with E-state index in [-0.39, 0.29) is 12.5 Å². The first kappa shape index (κ1) is 13.9. The predicted molar refractivity (Wildman–Crippen MR) is 56.0 cm³/mol. The number of amides is 2. The lowest BCUT2D eigenvalue weighted by molar-refractivity contribution is -0.129. The van der Waals surface area contributed by atoms with Gasteiger partial charge in [-0.15, -0.1) is 0 Å². The summed E-state index contributed by atoms with van der Waals surface area (Å²) in [6.07, 6.45) is -1.34. The lowest BCUT2D eigenvalue weighted by atomic mass is 10.0. The van der Waals surface area contributed by atoms with Crippen molar-refractivity contribution < 1.29 is 14.7 Å². The molecule has 1 atom stereocenters. The first-order valence-electron chi connectivity index (χ1n) is 4.82. The van der Waals surface area contributed by atoms with Crippen molar-refractivity contribution in [2.24, 2.45) is 5.73 Å². The van der Waals surface area contributed by atoms with E-state index in [2.05, 4.69) is 10.6 Å². The third-order valence-electron chi connectivity index (χ3n) is 1.97. The van der Waals surface area contributed by atoms with Gasteiger partial charge in [-0.2, -0.15) is 0 Å². The van der Waals surface area contributed by atoms with Crippen LogP contribution in [0.5, 0.6) is 0 Å². The van der Waals surface area contributed by atoms with Crippen molar-refractivity contribution in [2.45, 2.75) is 32.4 Å². The lowest BCUT2D eigenvalue weighted by Gasteiger charge is -2.24. The molecular weight excluding hydrogens is 198 g/mol. The number of nitrogens with one attached hydrogen (secondary N) is 2. The molecule has 0 radical (unpaired) electrons. The maximum absolute atomic E-state index is 11.5. The lowest BCUT2D eigenvalue weighted by Crippen LogP contribution is -2.54. The van der Waals surface area contributed by atoms with Crippen molar-refractivity contribution in [3.05, 3.63) is 0 Å². The highest BCUT2D eigenvalue weighted by molar-refractivity contribution is 5.86. The van der Waals surface area contributed by atoms with E-state index in [1.54, 1.807) is 13.8 Å². The van der Waals surface area contributed by atoms with Crippen molar-refractivity contribution in [2.75, 3.05) is 13.1 Å². The van der Waals surface area contributed by atoms with Crippen LogP contribution in [0.1, 0.15) is 20.8 Å². The first-order chi connectivity index (χ1) is 6.81. The molecule has 6 heteroatoms. The highest BCUT2D eigenvalue weighted by Crippen LogP contribution is 2.00. The zero-order chi connectivity index (χ0) is 12.1. The summed E-state index contributed by atoms with van der Waals surface area (Å²) in [4.78, 5) is 22.0. The molecule has 15 heavy (non-hydrogen) atoms. The fourth-order valence-electron chi connectivity index (χ4n) is 1.03. The fraction of sp³-hybridized carbons (Fsp3) is 0.778. The number of rotatable bonds is 6. The summed E-state index contributed by atoms with van der Waals surface area (Å²) >= 11 is 0. The Kier molecular flexibility index (Phi) is 5.24. The average Bonchev–Trinajstić information content (AvgIpc) is 2.13. The van der Waals surface area contributed by atoms with Gasteiger partial charge in [-0.25, -0.2) is 0 Å². The summed E-state index contributed by atoms with van der Waals surface area (Å²) in [5.41, 5.74) is 4.10. The first-order valence-corrected chi connectivity index (χ1v) is 4.82. The summed E-state index contributed by atoms with van der Waals surface area (Å²) in [5.74, 6) is -1.14. The molecule has 0 spiro atoms. The Labute approximate surface area is 89.2 Å². The van der Waals surface area contributed by atoms with Gasteiger partial charge in [-0.05, 0) is 20.4 Å². The van der Waals surface area contributed by atoms with E-state index in [9.17, 15) is 9.59 Å². The maximum Gasteiger partial charge on any atom is 0.248 e. The van der Waals surface area contributed by atoms with Crippen LogP contribution < -0.4 is 16.4 Å². The van der Waals surface area contributed by atoms with Crippen molar-refractivity contribution in [1.29, 1.82) is 0 Å². The van der Waals surface area contributed by atoms with E-state index in [4.69, 9.17) is 10.8 Å². The number of hydrogen-bond donors (Lipinski definition) is 4. The normalized spacial score (nSPS) is 13.3. The standard InChI is InChI=1S/C9H19N3O3/c1-4-12-9(2,3)8(15)11-5-6(13)7(10)14/h6,12-13H,4-5H2,1-3H3,(H2,10,14)(H,11,15). The van der Waals surface area contributed by atoms with Crippen LogP contribution in [-0.2, 0) is 9.59 Å². The molecule has 2 amide bonds. The quantitative estimate of drug-likeness (QED) is 0.427. The van der Waals surface area contributed by atoms with Gasteiger partial charge in [0.15, 0.2) is 0 Å². The minimum absolute atomic E-state index is 0.164. The van der Waals surface area contributed by atoms with Crippen LogP contribution in [0.2, 0.25) is 0 Å². The molecule has 0 aliphatic carbocycles. The fourth-order valence-corrected chi connectivity index (χ4v) is 1.03. The Morgan fingerprint density at radius 3 is 2.40 bits per heavy atom. The van der Waals surface area contributed by atoms with Crippen LogP contribution >= 0.6 is 0 Å². The van der Waals surface area contributed by atoms with Crippen molar-refractivity contribution in [3.63, 3.8) is 0 Å². The number of primary amides is 1. The van der Waals surface area contributed by atoms with E-state index in [0.717, 1.165) is 0 Å². The zero-order valence-corrected chi connectivity index (χ0v) is 9.33. The Hall–Kier alpha value is -1.14. The Morgan fingerprint density at radius 2 is 2.00 bits per heavy atom. The van der Waals surface area contributed by atoms with Gasteiger partial charge in [-0.1, -0.05) is 6.92 Å². The highest BCUT2D eigenvalue weighted by atomic mass is 16.3. The number of aliphatic hydroxyl groups excluding tert-OH is 1. The second-order valence-corrected chi connectivity index (χ2v) is 3.78. The minimum atomic E-state index is -1.34. The van der Waals surface area contributed by atoms with Gasteiger partial charge in [0.25, 0.3) is 0 Å². The second-order valence-electron chi connectivity index (χ2n) is 3.78. The topological polar surface area (TPSA) is 104 Å². The zero-order valence-electron chi connectivity index (χ0n) is 9.33. The Morgan fingerprint density at radius 1 is 1.47 bits per heavy atom. The van der Waals surface area contributed by atoms with Gasteiger partial charge in [-0.3, -0.25) is 9.59 Å². The van der Waals surface area contributed by atoms with Crippen molar-refractivity contribution in [1.82, 2.24) is 10.6 Å². The van der Waals surface area contributed by atoms with Crippen molar-refractivity contribution >= 4 is 11.8 Å². The summed E-state index contributed by atoms with van der Waals surface area (Å²) in [5, 5.41) is 14.5. The predicted octanol–water partition coefficient (Wildman–Crippen LogP) is -1.66. The monoisotopic (exact) mass is 217 g/mol. The molecule has 0 aliphatic heterocycles. The van der Waals surface area contributed by atoms with Crippen LogP contribution in [0.25, 0.3) is 0 Å². The van der Waals surface area contributed by atoms with Crippen LogP contribution in [-0.4, -0.2) is 41.7 Å². The minimum Gasteiger partial charge on any atom is -0.381 e. The van der Waals surface area contributed by atoms with Gasteiger partial charge in [0, 0.05) is 0 Å². The summed E-state index contributed by atoms with van der Waals surface area (Å²) in [6, 6.07) is 0. The molecule has 1 unspecified atom stereocenters. The summed E-state index contributed by atoms with van der Waals surface area (Å²) < 4.78 is 0. The largest absolute Gasteiger partial charge is 0.381 e. The Balaban J connectivity index is 4.08. The molecule has 0 heterocycles. The number of hydrogen-bond acceptors (Lipinski definition) is 4. The second kappa shape index (κ2) is 5.67. The molecule has 6 nitrogen and oxygen atoms in total. The molecule has 0 saturated heterocycles. The highest BCUT2D eigenvalue weighted by Gasteiger charge is 2.26. The third-order valence-corrected chi connectivity index (χ3v) is 1.97. The number of aliphatic hydroxyl groups is 1. The molecule has 0 saturated carbocycles. The molecule has 0 aromatic heterocycles. The summed E-state index contributed by atoms with van der Waals surface area (Å²) in [6.45, 7) is 5.79. The van der Waals surface area contributed by atoms with E-state index in [0.29, 0.717) is 6.54 Å². The molecular formula is C9H19N3O3. The third kappa shape index (κ3) is 4.75. The summed E-state index contributed by atoms with van der Waals surface area (Å²) in [7, 11) is 0. The van der Waals surface area contributed by atoms with E-state index >= 15 is 0 Å².